The van der Waals surface area contributed by atoms with E-state index >= 15 is 0 Å². The third-order valence-electron chi connectivity index (χ3n) is 9.81. The summed E-state index contributed by atoms with van der Waals surface area (Å²) in [4.78, 5) is 9.35. The lowest BCUT2D eigenvalue weighted by atomic mass is 9.96. The highest BCUT2D eigenvalue weighted by Gasteiger charge is 2.27. The van der Waals surface area contributed by atoms with Gasteiger partial charge in [-0.05, 0) is 52.6 Å². The number of aromatic nitrogens is 2. The highest BCUT2D eigenvalue weighted by molar-refractivity contribution is 6.30. The molecule has 1 N–H and O–H groups in total. The fourth-order valence-corrected chi connectivity index (χ4v) is 7.48. The number of aliphatic imine (C=N–C) groups is 1. The van der Waals surface area contributed by atoms with Crippen LogP contribution < -0.4 is 15.7 Å². The van der Waals surface area contributed by atoms with Gasteiger partial charge in [0.05, 0.1) is 38.9 Å². The molecule has 2 aromatic heterocycles. The largest absolute Gasteiger partial charge is 0.350 e. The van der Waals surface area contributed by atoms with E-state index in [4.69, 9.17) is 4.99 Å². The van der Waals surface area contributed by atoms with Gasteiger partial charge in [-0.25, -0.2) is 9.98 Å². The van der Waals surface area contributed by atoms with E-state index in [-0.39, 0.29) is 0 Å². The molecule has 0 spiro atoms. The van der Waals surface area contributed by atoms with Gasteiger partial charge in [0.1, 0.15) is 0 Å². The van der Waals surface area contributed by atoms with Crippen LogP contribution in [0.15, 0.2) is 186 Å². The maximum Gasteiger partial charge on any atom is 0.214 e. The van der Waals surface area contributed by atoms with Gasteiger partial charge in [-0.15, -0.1) is 0 Å². The Labute approximate surface area is 291 Å². The monoisotopic (exact) mass is 643 g/mol. The number of benzene rings is 4. The van der Waals surface area contributed by atoms with Crippen molar-refractivity contribution in [3.63, 3.8) is 0 Å². The van der Waals surface area contributed by atoms with Crippen LogP contribution in [-0.4, -0.2) is 20.6 Å². The molecule has 50 heavy (non-hydrogen) atoms. The van der Waals surface area contributed by atoms with E-state index in [9.17, 15) is 0 Å². The molecule has 8 bridgehead atoms. The van der Waals surface area contributed by atoms with Crippen LogP contribution in [0.5, 0.6) is 0 Å². The van der Waals surface area contributed by atoms with E-state index in [1.807, 2.05) is 0 Å². The number of allylic oxidation sites excluding steroid dienone is 4. The lowest BCUT2D eigenvalue weighted by Crippen LogP contribution is -2.68. The van der Waals surface area contributed by atoms with Gasteiger partial charge in [-0.3, -0.25) is 0 Å². The summed E-state index contributed by atoms with van der Waals surface area (Å²) in [5.41, 5.74) is 15.3. The van der Waals surface area contributed by atoms with Crippen molar-refractivity contribution in [2.75, 3.05) is 0 Å². The summed E-state index contributed by atoms with van der Waals surface area (Å²) in [5, 5.41) is 2.22. The summed E-state index contributed by atoms with van der Waals surface area (Å²) in [6.07, 6.45) is 11.0. The molecular formula is C46H35N4+. The predicted octanol–water partition coefficient (Wildman–Crippen LogP) is 6.10. The first-order chi connectivity index (χ1) is 24.6. The SMILES string of the molecule is Cn1cc2cc1C(c1ccccc1)=C1C=CC(=N1)C(c1ccccc1)=c1ccc(n1C)=C(c1ccccc1)C1=[NH+]C(=C2c2ccccc2)C=C1. The molecular weight excluding hydrogens is 609 g/mol. The first-order valence-electron chi connectivity index (χ1n) is 17.0. The molecule has 0 radical (unpaired) electrons. The lowest BCUT2D eigenvalue weighted by Gasteiger charge is -2.12. The summed E-state index contributed by atoms with van der Waals surface area (Å²) in [5.74, 6) is 0. The highest BCUT2D eigenvalue weighted by atomic mass is 14.9. The second kappa shape index (κ2) is 12.2. The molecule has 0 saturated heterocycles. The number of hydrogen-bond donors (Lipinski definition) is 1. The third-order valence-corrected chi connectivity index (χ3v) is 9.81. The predicted molar refractivity (Wildman–Crippen MR) is 205 cm³/mol. The Bertz CT molecular complexity index is 2610. The van der Waals surface area contributed by atoms with Gasteiger partial charge in [0.25, 0.3) is 0 Å². The first kappa shape index (κ1) is 29.6. The third kappa shape index (κ3) is 5.01. The second-order valence-electron chi connectivity index (χ2n) is 12.9. The quantitative estimate of drug-likeness (QED) is 0.241. The molecule has 0 atom stereocenters. The fraction of sp³-hybridized carbons (Fsp3) is 0.0435. The topological polar surface area (TPSA) is 36.2 Å². The van der Waals surface area contributed by atoms with Gasteiger partial charge < -0.3 is 9.13 Å². The van der Waals surface area contributed by atoms with Crippen molar-refractivity contribution in [2.45, 2.75) is 0 Å². The zero-order chi connectivity index (χ0) is 33.6. The molecule has 0 unspecified atom stereocenters. The van der Waals surface area contributed by atoms with E-state index in [1.165, 1.54) is 0 Å². The van der Waals surface area contributed by atoms with Crippen molar-refractivity contribution in [2.24, 2.45) is 19.1 Å². The summed E-state index contributed by atoms with van der Waals surface area (Å²) in [6, 6.07) is 49.4. The molecule has 3 aliphatic heterocycles. The van der Waals surface area contributed by atoms with E-state index in [0.29, 0.717) is 0 Å². The van der Waals surface area contributed by atoms with Crippen molar-refractivity contribution < 1.29 is 4.99 Å². The van der Waals surface area contributed by atoms with Crippen LogP contribution in [0.25, 0.3) is 22.3 Å². The molecule has 5 heterocycles. The van der Waals surface area contributed by atoms with E-state index in [0.717, 1.165) is 89.3 Å². The van der Waals surface area contributed by atoms with Crippen LogP contribution >= 0.6 is 0 Å². The minimum atomic E-state index is 0.939. The molecule has 0 saturated carbocycles. The maximum atomic E-state index is 5.45. The Hall–Kier alpha value is -6.52. The molecule has 3 aliphatic rings. The minimum Gasteiger partial charge on any atom is -0.350 e. The van der Waals surface area contributed by atoms with Crippen molar-refractivity contribution in [3.05, 3.63) is 226 Å². The first-order valence-corrected chi connectivity index (χ1v) is 17.0. The standard InChI is InChI=1S/C46H34N4/c1-49-30-35-29-42(49)46(34-21-13-6-14-22-34)39-26-25-38(48-39)45(33-19-11-5-12-20-33)41-28-27-40(50(41)2)44(32-17-9-4-10-18-32)37-24-23-36(47-37)43(35)31-15-7-3-8-16-31/h3-30H,1-2H3/p+1. The summed E-state index contributed by atoms with van der Waals surface area (Å²) < 4.78 is 4.56. The molecule has 4 nitrogen and oxygen atoms in total. The van der Waals surface area contributed by atoms with Gasteiger partial charge in [0, 0.05) is 49.2 Å². The maximum absolute atomic E-state index is 5.45. The Balaban J connectivity index is 1.46. The van der Waals surface area contributed by atoms with Gasteiger partial charge in [0.15, 0.2) is 0 Å². The van der Waals surface area contributed by atoms with E-state index in [1.54, 1.807) is 0 Å². The van der Waals surface area contributed by atoms with Crippen LogP contribution in [0.3, 0.4) is 0 Å². The van der Waals surface area contributed by atoms with Gasteiger partial charge in [-0.1, -0.05) is 121 Å². The highest BCUT2D eigenvalue weighted by Crippen LogP contribution is 2.36. The Morgan fingerprint density at radius 2 is 1.00 bits per heavy atom. The fourth-order valence-electron chi connectivity index (χ4n) is 7.48. The van der Waals surface area contributed by atoms with Crippen molar-refractivity contribution in [1.82, 2.24) is 9.13 Å². The summed E-state index contributed by atoms with van der Waals surface area (Å²) in [7, 11) is 4.30. The Kier molecular flexibility index (Phi) is 7.21. The van der Waals surface area contributed by atoms with Crippen LogP contribution in [-0.2, 0) is 14.1 Å². The molecule has 0 amide bonds. The van der Waals surface area contributed by atoms with E-state index in [2.05, 4.69) is 198 Å². The van der Waals surface area contributed by atoms with Crippen LogP contribution in [0.2, 0.25) is 0 Å². The minimum absolute atomic E-state index is 0.939. The molecule has 0 fully saturated rings. The van der Waals surface area contributed by atoms with Gasteiger partial charge in [-0.2, -0.15) is 0 Å². The van der Waals surface area contributed by atoms with Crippen molar-refractivity contribution in [1.29, 1.82) is 0 Å². The summed E-state index contributed by atoms with van der Waals surface area (Å²) in [6.45, 7) is 0. The lowest BCUT2D eigenvalue weighted by molar-refractivity contribution is -0.383. The molecule has 0 aliphatic carbocycles. The normalized spacial score (nSPS) is 15.2. The molecule has 4 heteroatoms. The van der Waals surface area contributed by atoms with Crippen LogP contribution in [0, 0.1) is 0 Å². The van der Waals surface area contributed by atoms with Gasteiger partial charge >= 0.3 is 0 Å². The number of hydrogen-bond acceptors (Lipinski definition) is 1. The average Bonchev–Trinajstić information content (AvgIpc) is 3.98. The Morgan fingerprint density at radius 1 is 0.480 bits per heavy atom. The van der Waals surface area contributed by atoms with Crippen molar-refractivity contribution in [3.8, 4) is 0 Å². The number of nitrogens with zero attached hydrogens (tertiary/aromatic N) is 3. The number of rotatable bonds is 4. The smallest absolute Gasteiger partial charge is 0.214 e. The number of nitrogens with one attached hydrogen (secondary N) is 1. The van der Waals surface area contributed by atoms with Gasteiger partial charge in [0.2, 0.25) is 11.4 Å². The average molecular weight is 644 g/mol. The zero-order valence-corrected chi connectivity index (χ0v) is 28.0. The second-order valence-corrected chi connectivity index (χ2v) is 12.9. The molecule has 9 rings (SSSR count). The molecule has 4 aromatic carbocycles. The zero-order valence-electron chi connectivity index (χ0n) is 28.0. The molecule has 6 aromatic rings. The van der Waals surface area contributed by atoms with Crippen LogP contribution in [0.1, 0.15) is 33.5 Å². The van der Waals surface area contributed by atoms with Crippen LogP contribution in [0.4, 0.5) is 0 Å². The van der Waals surface area contributed by atoms with Crippen molar-refractivity contribution >= 4 is 33.7 Å². The number of aryl methyl sites for hydroxylation is 1. The summed E-state index contributed by atoms with van der Waals surface area (Å²) >= 11 is 0. The Morgan fingerprint density at radius 3 is 1.60 bits per heavy atom. The molecule has 238 valence electrons. The van der Waals surface area contributed by atoms with E-state index < -0.39 is 0 Å². The number of fused-ring (bicyclic) bond motifs is 6.